The lowest BCUT2D eigenvalue weighted by atomic mass is 10.3. The first-order valence-electron chi connectivity index (χ1n) is 5.18. The monoisotopic (exact) mass is 284 g/mol. The molecule has 0 saturated heterocycles. The summed E-state index contributed by atoms with van der Waals surface area (Å²) in [6.07, 6.45) is 1.57. The Morgan fingerprint density at radius 3 is 2.89 bits per heavy atom. The van der Waals surface area contributed by atoms with Crippen LogP contribution in [0.15, 0.2) is 41.0 Å². The van der Waals surface area contributed by atoms with E-state index < -0.39 is 5.82 Å². The second kappa shape index (κ2) is 5.84. The van der Waals surface area contributed by atoms with Gasteiger partial charge in [-0.2, -0.15) is 0 Å². The van der Waals surface area contributed by atoms with E-state index in [0.29, 0.717) is 11.7 Å². The molecule has 0 unspecified atom stereocenters. The fourth-order valence-corrected chi connectivity index (χ4v) is 1.70. The molecule has 0 aliphatic carbocycles. The van der Waals surface area contributed by atoms with Crippen molar-refractivity contribution in [1.82, 2.24) is 5.32 Å². The van der Waals surface area contributed by atoms with Gasteiger partial charge in [0, 0.05) is 0 Å². The highest BCUT2D eigenvalue weighted by molar-refractivity contribution is 7.80. The maximum Gasteiger partial charge on any atom is 0.171 e. The predicted octanol–water partition coefficient (Wildman–Crippen LogP) is 3.56. The van der Waals surface area contributed by atoms with Crippen LogP contribution in [0.2, 0.25) is 5.02 Å². The Morgan fingerprint density at radius 1 is 1.33 bits per heavy atom. The zero-order valence-corrected chi connectivity index (χ0v) is 10.8. The molecule has 0 saturated carbocycles. The smallest absolute Gasteiger partial charge is 0.171 e. The first-order chi connectivity index (χ1) is 8.66. The van der Waals surface area contributed by atoms with E-state index >= 15 is 0 Å². The molecule has 0 bridgehead atoms. The van der Waals surface area contributed by atoms with Crippen molar-refractivity contribution in [3.8, 4) is 0 Å². The molecule has 18 heavy (non-hydrogen) atoms. The summed E-state index contributed by atoms with van der Waals surface area (Å²) in [6.45, 7) is 0.432. The Kier molecular flexibility index (Phi) is 4.17. The molecule has 0 radical (unpaired) electrons. The first kappa shape index (κ1) is 12.9. The lowest BCUT2D eigenvalue weighted by molar-refractivity contribution is 0.503. The molecular weight excluding hydrogens is 275 g/mol. The van der Waals surface area contributed by atoms with Gasteiger partial charge < -0.3 is 15.1 Å². The van der Waals surface area contributed by atoms with Crippen LogP contribution < -0.4 is 10.6 Å². The van der Waals surface area contributed by atoms with Gasteiger partial charge in [0.1, 0.15) is 5.76 Å². The van der Waals surface area contributed by atoms with Gasteiger partial charge in [-0.3, -0.25) is 0 Å². The quantitative estimate of drug-likeness (QED) is 0.845. The molecule has 0 spiro atoms. The van der Waals surface area contributed by atoms with Crippen molar-refractivity contribution in [2.75, 3.05) is 5.32 Å². The standard InChI is InChI=1S/C12H10ClFN2OS/c13-9-4-1-5-10(11(9)14)16-12(18)15-7-8-3-2-6-17-8/h1-6H,7H2,(H2,15,16,18). The number of thiocarbonyl (C=S) groups is 1. The second-order valence-electron chi connectivity index (χ2n) is 3.49. The van der Waals surface area contributed by atoms with Crippen molar-refractivity contribution in [3.63, 3.8) is 0 Å². The van der Waals surface area contributed by atoms with Gasteiger partial charge in [-0.25, -0.2) is 4.39 Å². The molecule has 94 valence electrons. The molecule has 3 nitrogen and oxygen atoms in total. The third kappa shape index (κ3) is 3.21. The van der Waals surface area contributed by atoms with E-state index in [2.05, 4.69) is 10.6 Å². The minimum absolute atomic E-state index is 0.0498. The number of anilines is 1. The number of rotatable bonds is 3. The minimum Gasteiger partial charge on any atom is -0.467 e. The van der Waals surface area contributed by atoms with Crippen LogP contribution in [0, 0.1) is 5.82 Å². The molecule has 2 N–H and O–H groups in total. The number of hydrogen-bond donors (Lipinski definition) is 2. The van der Waals surface area contributed by atoms with Gasteiger partial charge in [-0.1, -0.05) is 17.7 Å². The molecule has 1 aromatic carbocycles. The summed E-state index contributed by atoms with van der Waals surface area (Å²) in [5.41, 5.74) is 0.236. The minimum atomic E-state index is -0.527. The van der Waals surface area contributed by atoms with E-state index in [0.717, 1.165) is 5.76 Å². The third-order valence-corrected chi connectivity index (χ3v) is 2.74. The fourth-order valence-electron chi connectivity index (χ4n) is 1.35. The molecule has 0 atom stereocenters. The second-order valence-corrected chi connectivity index (χ2v) is 4.30. The van der Waals surface area contributed by atoms with Crippen LogP contribution in [0.1, 0.15) is 5.76 Å². The average molecular weight is 285 g/mol. The lowest BCUT2D eigenvalue weighted by Gasteiger charge is -2.10. The molecule has 2 aromatic rings. The Bertz CT molecular complexity index is 545. The van der Waals surface area contributed by atoms with Gasteiger partial charge in [-0.05, 0) is 36.5 Å². The van der Waals surface area contributed by atoms with Gasteiger partial charge in [0.2, 0.25) is 0 Å². The molecule has 0 aliphatic heterocycles. The molecule has 1 aromatic heterocycles. The normalized spacial score (nSPS) is 10.1. The Hall–Kier alpha value is -1.59. The van der Waals surface area contributed by atoms with E-state index in [1.165, 1.54) is 6.07 Å². The van der Waals surface area contributed by atoms with Crippen LogP contribution in [0.3, 0.4) is 0 Å². The van der Waals surface area contributed by atoms with Crippen LogP contribution in [0.4, 0.5) is 10.1 Å². The van der Waals surface area contributed by atoms with E-state index in [-0.39, 0.29) is 10.7 Å². The Balaban J connectivity index is 1.93. The Labute approximate surface area is 114 Å². The van der Waals surface area contributed by atoms with E-state index in [1.807, 2.05) is 6.07 Å². The predicted molar refractivity (Wildman–Crippen MR) is 73.2 cm³/mol. The Morgan fingerprint density at radius 2 is 2.17 bits per heavy atom. The number of hydrogen-bond acceptors (Lipinski definition) is 2. The molecule has 0 fully saturated rings. The highest BCUT2D eigenvalue weighted by atomic mass is 35.5. The van der Waals surface area contributed by atoms with Crippen molar-refractivity contribution in [1.29, 1.82) is 0 Å². The van der Waals surface area contributed by atoms with Gasteiger partial charge in [0.25, 0.3) is 0 Å². The van der Waals surface area contributed by atoms with Crippen LogP contribution in [0.5, 0.6) is 0 Å². The SMILES string of the molecule is Fc1c(Cl)cccc1NC(=S)NCc1ccco1. The molecule has 0 aliphatic rings. The highest BCUT2D eigenvalue weighted by Crippen LogP contribution is 2.21. The summed E-state index contributed by atoms with van der Waals surface area (Å²) in [4.78, 5) is 0. The van der Waals surface area contributed by atoms with E-state index in [4.69, 9.17) is 28.2 Å². The summed E-state index contributed by atoms with van der Waals surface area (Å²) in [6, 6.07) is 8.27. The average Bonchev–Trinajstić information content (AvgIpc) is 2.86. The molecule has 0 amide bonds. The van der Waals surface area contributed by atoms with Crippen molar-refractivity contribution in [2.24, 2.45) is 0 Å². The van der Waals surface area contributed by atoms with Crippen LogP contribution >= 0.6 is 23.8 Å². The maximum absolute atomic E-state index is 13.6. The summed E-state index contributed by atoms with van der Waals surface area (Å²) in [5.74, 6) is 0.215. The zero-order valence-electron chi connectivity index (χ0n) is 9.24. The van der Waals surface area contributed by atoms with Gasteiger partial charge in [0.05, 0.1) is 23.5 Å². The first-order valence-corrected chi connectivity index (χ1v) is 5.96. The largest absolute Gasteiger partial charge is 0.467 e. The van der Waals surface area contributed by atoms with Crippen molar-refractivity contribution < 1.29 is 8.81 Å². The van der Waals surface area contributed by atoms with Crippen molar-refractivity contribution in [3.05, 3.63) is 53.2 Å². The van der Waals surface area contributed by atoms with Crippen LogP contribution in [0.25, 0.3) is 0 Å². The molecule has 1 heterocycles. The summed E-state index contributed by atoms with van der Waals surface area (Å²) in [5, 5.41) is 5.98. The number of halogens is 2. The van der Waals surface area contributed by atoms with E-state index in [1.54, 1.807) is 24.5 Å². The third-order valence-electron chi connectivity index (χ3n) is 2.20. The van der Waals surface area contributed by atoms with Crippen molar-refractivity contribution >= 4 is 34.6 Å². The van der Waals surface area contributed by atoms with Crippen LogP contribution in [-0.2, 0) is 6.54 Å². The highest BCUT2D eigenvalue weighted by Gasteiger charge is 2.07. The lowest BCUT2D eigenvalue weighted by Crippen LogP contribution is -2.28. The van der Waals surface area contributed by atoms with Gasteiger partial charge >= 0.3 is 0 Å². The van der Waals surface area contributed by atoms with Gasteiger partial charge in [-0.15, -0.1) is 0 Å². The molecule has 6 heteroatoms. The van der Waals surface area contributed by atoms with Gasteiger partial charge in [0.15, 0.2) is 10.9 Å². The topological polar surface area (TPSA) is 37.2 Å². The van der Waals surface area contributed by atoms with E-state index in [9.17, 15) is 4.39 Å². The summed E-state index contributed by atoms with van der Waals surface area (Å²) in [7, 11) is 0. The summed E-state index contributed by atoms with van der Waals surface area (Å²) < 4.78 is 18.7. The zero-order chi connectivity index (χ0) is 13.0. The molecular formula is C12H10ClFN2OS. The number of furan rings is 1. The maximum atomic E-state index is 13.6. The van der Waals surface area contributed by atoms with Crippen LogP contribution in [-0.4, -0.2) is 5.11 Å². The fraction of sp³-hybridized carbons (Fsp3) is 0.0833. The number of nitrogens with one attached hydrogen (secondary N) is 2. The summed E-state index contributed by atoms with van der Waals surface area (Å²) >= 11 is 10.7. The molecule has 2 rings (SSSR count). The van der Waals surface area contributed by atoms with Crippen molar-refractivity contribution in [2.45, 2.75) is 6.54 Å². The number of benzene rings is 1.